The molecule has 1 aromatic carbocycles. The number of aromatic nitrogens is 2. The van der Waals surface area contributed by atoms with Gasteiger partial charge in [0.2, 0.25) is 5.91 Å². The fraction of sp³-hybridized carbons (Fsp3) is 0.312. The van der Waals surface area contributed by atoms with Gasteiger partial charge in [-0.3, -0.25) is 9.59 Å². The number of anilines is 1. The summed E-state index contributed by atoms with van der Waals surface area (Å²) >= 11 is 7.11. The number of carbonyl (C=O) groups excluding carboxylic acids is 1. The van der Waals surface area contributed by atoms with Crippen LogP contribution in [0.3, 0.4) is 0 Å². The molecule has 0 saturated carbocycles. The predicted molar refractivity (Wildman–Crippen MR) is 94.3 cm³/mol. The minimum absolute atomic E-state index is 0.180. The Bertz CT molecular complexity index is 748. The van der Waals surface area contributed by atoms with E-state index in [4.69, 9.17) is 11.6 Å². The first kappa shape index (κ1) is 17.6. The summed E-state index contributed by atoms with van der Waals surface area (Å²) in [6.07, 6.45) is 1.64. The van der Waals surface area contributed by atoms with E-state index in [2.05, 4.69) is 15.3 Å². The molecule has 0 fully saturated rings. The molecule has 7 heteroatoms. The molecule has 1 unspecified atom stereocenters. The molecule has 0 aliphatic rings. The van der Waals surface area contributed by atoms with Crippen molar-refractivity contribution in [3.63, 3.8) is 0 Å². The van der Waals surface area contributed by atoms with Crippen LogP contribution in [0.25, 0.3) is 0 Å². The summed E-state index contributed by atoms with van der Waals surface area (Å²) in [6, 6.07) is 8.44. The highest BCUT2D eigenvalue weighted by molar-refractivity contribution is 8.00. The first-order valence-electron chi connectivity index (χ1n) is 7.31. The van der Waals surface area contributed by atoms with E-state index in [1.165, 1.54) is 17.8 Å². The molecule has 1 aromatic heterocycles. The van der Waals surface area contributed by atoms with Gasteiger partial charge in [-0.05, 0) is 31.5 Å². The van der Waals surface area contributed by atoms with Gasteiger partial charge in [-0.15, -0.1) is 0 Å². The van der Waals surface area contributed by atoms with Gasteiger partial charge in [-0.1, -0.05) is 42.8 Å². The van der Waals surface area contributed by atoms with E-state index in [0.717, 1.165) is 18.5 Å². The molecule has 0 spiro atoms. The number of nitrogens with one attached hydrogen (secondary N) is 2. The number of hydrogen-bond donors (Lipinski definition) is 2. The maximum Gasteiger partial charge on any atom is 0.251 e. The standard InChI is InChI=1S/C16H18ClN3O2S/c1-3-5-12-9-14(21)20-16(19-12)23-10(2)15(22)18-13-7-4-6-11(17)8-13/h4,6-10H,3,5H2,1-2H3,(H,18,22)(H,19,20,21). The van der Waals surface area contributed by atoms with Gasteiger partial charge in [-0.25, -0.2) is 4.98 Å². The van der Waals surface area contributed by atoms with Crippen molar-refractivity contribution in [1.82, 2.24) is 9.97 Å². The molecular formula is C16H18ClN3O2S. The van der Waals surface area contributed by atoms with Crippen molar-refractivity contribution in [1.29, 1.82) is 0 Å². The smallest absolute Gasteiger partial charge is 0.251 e. The zero-order valence-corrected chi connectivity index (χ0v) is 14.5. The highest BCUT2D eigenvalue weighted by Gasteiger charge is 2.16. The first-order chi connectivity index (χ1) is 11.0. The minimum Gasteiger partial charge on any atom is -0.325 e. The largest absolute Gasteiger partial charge is 0.325 e. The SMILES string of the molecule is CCCc1cc(=O)[nH]c(SC(C)C(=O)Nc2cccc(Cl)c2)n1. The number of thioether (sulfide) groups is 1. The Hall–Kier alpha value is -1.79. The summed E-state index contributed by atoms with van der Waals surface area (Å²) in [7, 11) is 0. The highest BCUT2D eigenvalue weighted by atomic mass is 35.5. The Kier molecular flexibility index (Phi) is 6.24. The summed E-state index contributed by atoms with van der Waals surface area (Å²) in [6.45, 7) is 3.79. The lowest BCUT2D eigenvalue weighted by Gasteiger charge is -2.12. The molecule has 2 aromatic rings. The lowest BCUT2D eigenvalue weighted by atomic mass is 10.2. The molecule has 2 N–H and O–H groups in total. The quantitative estimate of drug-likeness (QED) is 0.617. The van der Waals surface area contributed by atoms with E-state index in [1.54, 1.807) is 31.2 Å². The number of benzene rings is 1. The zero-order chi connectivity index (χ0) is 16.8. The summed E-state index contributed by atoms with van der Waals surface area (Å²) in [5.41, 5.74) is 1.17. The number of aromatic amines is 1. The van der Waals surface area contributed by atoms with Gasteiger partial charge in [0.05, 0.1) is 5.25 Å². The highest BCUT2D eigenvalue weighted by Crippen LogP contribution is 2.21. The number of halogens is 1. The fourth-order valence-electron chi connectivity index (χ4n) is 1.95. The lowest BCUT2D eigenvalue weighted by molar-refractivity contribution is -0.115. The second-order valence-corrected chi connectivity index (χ2v) is 6.82. The average Bonchev–Trinajstić information content (AvgIpc) is 2.46. The number of hydrogen-bond acceptors (Lipinski definition) is 4. The Morgan fingerprint density at radius 3 is 2.91 bits per heavy atom. The van der Waals surface area contributed by atoms with Gasteiger partial charge >= 0.3 is 0 Å². The van der Waals surface area contributed by atoms with Gasteiger partial charge in [0, 0.05) is 22.5 Å². The van der Waals surface area contributed by atoms with Crippen molar-refractivity contribution >= 4 is 35.0 Å². The maximum atomic E-state index is 12.2. The van der Waals surface area contributed by atoms with E-state index in [9.17, 15) is 9.59 Å². The van der Waals surface area contributed by atoms with Crippen molar-refractivity contribution < 1.29 is 4.79 Å². The minimum atomic E-state index is -0.408. The molecule has 23 heavy (non-hydrogen) atoms. The average molecular weight is 352 g/mol. The van der Waals surface area contributed by atoms with E-state index in [-0.39, 0.29) is 11.5 Å². The van der Waals surface area contributed by atoms with E-state index >= 15 is 0 Å². The van der Waals surface area contributed by atoms with Gasteiger partial charge in [0.25, 0.3) is 5.56 Å². The van der Waals surface area contributed by atoms with Gasteiger partial charge in [-0.2, -0.15) is 0 Å². The first-order valence-corrected chi connectivity index (χ1v) is 8.57. The predicted octanol–water partition coefficient (Wildman–Crippen LogP) is 3.50. The third-order valence-corrected chi connectivity index (χ3v) is 4.25. The van der Waals surface area contributed by atoms with Crippen LogP contribution in [0.4, 0.5) is 5.69 Å². The monoisotopic (exact) mass is 351 g/mol. The Morgan fingerprint density at radius 1 is 1.43 bits per heavy atom. The third-order valence-electron chi connectivity index (χ3n) is 3.03. The summed E-state index contributed by atoms with van der Waals surface area (Å²) in [4.78, 5) is 30.9. The number of carbonyl (C=O) groups is 1. The Morgan fingerprint density at radius 2 is 2.22 bits per heavy atom. The van der Waals surface area contributed by atoms with E-state index in [1.807, 2.05) is 6.92 Å². The van der Waals surface area contributed by atoms with Crippen LogP contribution in [0.2, 0.25) is 5.02 Å². The van der Waals surface area contributed by atoms with Crippen LogP contribution in [0.5, 0.6) is 0 Å². The van der Waals surface area contributed by atoms with Crippen LogP contribution in [0, 0.1) is 0 Å². The molecule has 0 radical (unpaired) electrons. The number of rotatable bonds is 6. The van der Waals surface area contributed by atoms with Gasteiger partial charge in [0.15, 0.2) is 5.16 Å². The topological polar surface area (TPSA) is 74.8 Å². The summed E-state index contributed by atoms with van der Waals surface area (Å²) in [5, 5.41) is 3.40. The number of H-pyrrole nitrogens is 1. The molecule has 0 aliphatic heterocycles. The lowest BCUT2D eigenvalue weighted by Crippen LogP contribution is -2.23. The fourth-order valence-corrected chi connectivity index (χ4v) is 2.98. The normalized spacial score (nSPS) is 12.0. The molecule has 1 atom stereocenters. The van der Waals surface area contributed by atoms with Gasteiger partial charge < -0.3 is 10.3 Å². The number of aryl methyl sites for hydroxylation is 1. The van der Waals surface area contributed by atoms with Crippen molar-refractivity contribution in [2.45, 2.75) is 37.1 Å². The molecule has 2 rings (SSSR count). The molecule has 1 heterocycles. The van der Waals surface area contributed by atoms with Crippen molar-refractivity contribution in [2.24, 2.45) is 0 Å². The molecule has 0 aliphatic carbocycles. The zero-order valence-electron chi connectivity index (χ0n) is 12.9. The van der Waals surface area contributed by atoms with E-state index in [0.29, 0.717) is 15.9 Å². The Balaban J connectivity index is 2.04. The van der Waals surface area contributed by atoms with Crippen molar-refractivity contribution in [3.8, 4) is 0 Å². The van der Waals surface area contributed by atoms with Crippen LogP contribution < -0.4 is 10.9 Å². The molecule has 1 amide bonds. The summed E-state index contributed by atoms with van der Waals surface area (Å²) < 4.78 is 0. The molecule has 5 nitrogen and oxygen atoms in total. The summed E-state index contributed by atoms with van der Waals surface area (Å²) in [5.74, 6) is -0.180. The van der Waals surface area contributed by atoms with Crippen LogP contribution in [-0.4, -0.2) is 21.1 Å². The van der Waals surface area contributed by atoms with Crippen LogP contribution in [-0.2, 0) is 11.2 Å². The van der Waals surface area contributed by atoms with E-state index < -0.39 is 5.25 Å². The maximum absolute atomic E-state index is 12.2. The molecule has 0 bridgehead atoms. The molecular weight excluding hydrogens is 334 g/mol. The van der Waals surface area contributed by atoms with Crippen molar-refractivity contribution in [2.75, 3.05) is 5.32 Å². The van der Waals surface area contributed by atoms with Crippen LogP contribution >= 0.6 is 23.4 Å². The van der Waals surface area contributed by atoms with Crippen LogP contribution in [0.1, 0.15) is 26.0 Å². The van der Waals surface area contributed by atoms with Crippen molar-refractivity contribution in [3.05, 3.63) is 51.4 Å². The number of nitrogens with zero attached hydrogens (tertiary/aromatic N) is 1. The molecule has 0 saturated heterocycles. The number of amides is 1. The Labute approximate surface area is 143 Å². The second-order valence-electron chi connectivity index (χ2n) is 5.05. The molecule has 122 valence electrons. The van der Waals surface area contributed by atoms with Gasteiger partial charge in [0.1, 0.15) is 0 Å². The third kappa shape index (κ3) is 5.41. The van der Waals surface area contributed by atoms with Crippen LogP contribution in [0.15, 0.2) is 40.3 Å². The second kappa shape index (κ2) is 8.17.